The Morgan fingerprint density at radius 1 is 1.22 bits per heavy atom. The molecule has 1 atom stereocenters. The van der Waals surface area contributed by atoms with E-state index in [1.165, 1.54) is 24.0 Å². The summed E-state index contributed by atoms with van der Waals surface area (Å²) in [5, 5.41) is 3.43. The van der Waals surface area contributed by atoms with Crippen molar-refractivity contribution in [3.63, 3.8) is 0 Å². The van der Waals surface area contributed by atoms with E-state index < -0.39 is 0 Å². The van der Waals surface area contributed by atoms with Crippen LogP contribution in [-0.4, -0.2) is 19.2 Å². The molecule has 1 heterocycles. The molecule has 1 aliphatic rings. The van der Waals surface area contributed by atoms with E-state index in [1.54, 1.807) is 0 Å². The van der Waals surface area contributed by atoms with Crippen molar-refractivity contribution >= 4 is 0 Å². The Hall–Kier alpha value is -1.02. The lowest BCUT2D eigenvalue weighted by atomic mass is 10.0. The summed E-state index contributed by atoms with van der Waals surface area (Å²) in [5.74, 6) is 1.64. The molecule has 18 heavy (non-hydrogen) atoms. The van der Waals surface area contributed by atoms with Gasteiger partial charge < -0.3 is 10.1 Å². The number of aryl methyl sites for hydroxylation is 1. The topological polar surface area (TPSA) is 21.3 Å². The third-order valence-electron chi connectivity index (χ3n) is 3.70. The SMILES string of the molecule is Cc1ccc(C(C)C)cc1OC1CCCNCC1. The summed E-state index contributed by atoms with van der Waals surface area (Å²) in [5.41, 5.74) is 2.61. The largest absolute Gasteiger partial charge is 0.490 e. The lowest BCUT2D eigenvalue weighted by Crippen LogP contribution is -2.19. The van der Waals surface area contributed by atoms with Gasteiger partial charge >= 0.3 is 0 Å². The van der Waals surface area contributed by atoms with Crippen LogP contribution in [0.3, 0.4) is 0 Å². The van der Waals surface area contributed by atoms with Crippen molar-refractivity contribution in [2.45, 2.75) is 52.1 Å². The lowest BCUT2D eigenvalue weighted by molar-refractivity contribution is 0.186. The van der Waals surface area contributed by atoms with Gasteiger partial charge in [0, 0.05) is 0 Å². The molecule has 0 spiro atoms. The van der Waals surface area contributed by atoms with Crippen LogP contribution in [0, 0.1) is 6.92 Å². The predicted molar refractivity (Wildman–Crippen MR) is 76.4 cm³/mol. The van der Waals surface area contributed by atoms with Gasteiger partial charge in [0.25, 0.3) is 0 Å². The Bertz CT molecular complexity index is 379. The highest BCUT2D eigenvalue weighted by Gasteiger charge is 2.15. The second-order valence-corrected chi connectivity index (χ2v) is 5.60. The normalized spacial score (nSPS) is 20.8. The molecule has 1 unspecified atom stereocenters. The molecule has 1 aromatic carbocycles. The molecule has 100 valence electrons. The fraction of sp³-hybridized carbons (Fsp3) is 0.625. The first kappa shape index (κ1) is 13.4. The van der Waals surface area contributed by atoms with Gasteiger partial charge in [-0.3, -0.25) is 0 Å². The molecule has 1 aromatic rings. The highest BCUT2D eigenvalue weighted by Crippen LogP contribution is 2.26. The van der Waals surface area contributed by atoms with Gasteiger partial charge in [-0.05, 0) is 62.4 Å². The Morgan fingerprint density at radius 3 is 2.83 bits per heavy atom. The van der Waals surface area contributed by atoms with E-state index in [4.69, 9.17) is 4.74 Å². The zero-order valence-corrected chi connectivity index (χ0v) is 11.8. The molecule has 1 N–H and O–H groups in total. The van der Waals surface area contributed by atoms with Gasteiger partial charge in [-0.25, -0.2) is 0 Å². The van der Waals surface area contributed by atoms with E-state index in [0.717, 1.165) is 25.3 Å². The molecule has 1 fully saturated rings. The minimum absolute atomic E-state index is 0.376. The molecule has 0 saturated carbocycles. The maximum absolute atomic E-state index is 6.22. The first-order chi connectivity index (χ1) is 8.66. The molecule has 1 saturated heterocycles. The smallest absolute Gasteiger partial charge is 0.122 e. The number of rotatable bonds is 3. The number of nitrogens with one attached hydrogen (secondary N) is 1. The van der Waals surface area contributed by atoms with Crippen LogP contribution in [-0.2, 0) is 0 Å². The highest BCUT2D eigenvalue weighted by molar-refractivity contribution is 5.37. The van der Waals surface area contributed by atoms with Gasteiger partial charge in [0.05, 0.1) is 6.10 Å². The number of hydrogen-bond donors (Lipinski definition) is 1. The van der Waals surface area contributed by atoms with Crippen LogP contribution in [0.1, 0.15) is 50.2 Å². The molecule has 0 aromatic heterocycles. The molecule has 2 nitrogen and oxygen atoms in total. The van der Waals surface area contributed by atoms with Crippen molar-refractivity contribution in [1.82, 2.24) is 5.32 Å². The average Bonchev–Trinajstić information content (AvgIpc) is 2.60. The van der Waals surface area contributed by atoms with Crippen LogP contribution >= 0.6 is 0 Å². The van der Waals surface area contributed by atoms with Gasteiger partial charge in [-0.1, -0.05) is 26.0 Å². The first-order valence-electron chi connectivity index (χ1n) is 7.14. The van der Waals surface area contributed by atoms with Crippen LogP contribution in [0.25, 0.3) is 0 Å². The van der Waals surface area contributed by atoms with Crippen LogP contribution in [0.2, 0.25) is 0 Å². The second-order valence-electron chi connectivity index (χ2n) is 5.60. The van der Waals surface area contributed by atoms with Crippen LogP contribution in [0.4, 0.5) is 0 Å². The summed E-state index contributed by atoms with van der Waals surface area (Å²) >= 11 is 0. The zero-order valence-electron chi connectivity index (χ0n) is 11.8. The average molecular weight is 247 g/mol. The molecule has 2 rings (SSSR count). The van der Waals surface area contributed by atoms with Gasteiger partial charge in [-0.15, -0.1) is 0 Å². The molecule has 0 bridgehead atoms. The fourth-order valence-corrected chi connectivity index (χ4v) is 2.39. The molecular weight excluding hydrogens is 222 g/mol. The van der Waals surface area contributed by atoms with E-state index >= 15 is 0 Å². The van der Waals surface area contributed by atoms with Gasteiger partial charge in [-0.2, -0.15) is 0 Å². The van der Waals surface area contributed by atoms with Crippen molar-refractivity contribution < 1.29 is 4.74 Å². The standard InChI is InChI=1S/C16H25NO/c1-12(2)14-7-6-13(3)16(11-14)18-15-5-4-9-17-10-8-15/h6-7,11-12,15,17H,4-5,8-10H2,1-3H3. The van der Waals surface area contributed by atoms with Crippen LogP contribution in [0.5, 0.6) is 5.75 Å². The van der Waals surface area contributed by atoms with E-state index in [9.17, 15) is 0 Å². The second kappa shape index (κ2) is 6.24. The van der Waals surface area contributed by atoms with E-state index in [1.807, 2.05) is 0 Å². The van der Waals surface area contributed by atoms with Crippen molar-refractivity contribution in [2.24, 2.45) is 0 Å². The summed E-state index contributed by atoms with van der Waals surface area (Å²) in [4.78, 5) is 0. The Morgan fingerprint density at radius 2 is 2.06 bits per heavy atom. The summed E-state index contributed by atoms with van der Waals surface area (Å²) in [6.07, 6.45) is 3.87. The minimum atomic E-state index is 0.376. The third kappa shape index (κ3) is 3.49. The third-order valence-corrected chi connectivity index (χ3v) is 3.70. The van der Waals surface area contributed by atoms with Crippen molar-refractivity contribution in [3.05, 3.63) is 29.3 Å². The first-order valence-corrected chi connectivity index (χ1v) is 7.14. The minimum Gasteiger partial charge on any atom is -0.490 e. The number of benzene rings is 1. The maximum Gasteiger partial charge on any atom is 0.122 e. The van der Waals surface area contributed by atoms with Crippen molar-refractivity contribution in [2.75, 3.05) is 13.1 Å². The van der Waals surface area contributed by atoms with Crippen molar-refractivity contribution in [1.29, 1.82) is 0 Å². The molecule has 2 heteroatoms. The van der Waals surface area contributed by atoms with Gasteiger partial charge in [0.1, 0.15) is 5.75 Å². The summed E-state index contributed by atoms with van der Waals surface area (Å²) in [6.45, 7) is 8.79. The number of hydrogen-bond acceptors (Lipinski definition) is 2. The Labute approximate surface area is 111 Å². The summed E-state index contributed by atoms with van der Waals surface area (Å²) in [7, 11) is 0. The van der Waals surface area contributed by atoms with Crippen molar-refractivity contribution in [3.8, 4) is 5.75 Å². The number of ether oxygens (including phenoxy) is 1. The van der Waals surface area contributed by atoms with Crippen LogP contribution < -0.4 is 10.1 Å². The molecule has 0 aliphatic carbocycles. The monoisotopic (exact) mass is 247 g/mol. The highest BCUT2D eigenvalue weighted by atomic mass is 16.5. The quantitative estimate of drug-likeness (QED) is 0.880. The molecule has 0 radical (unpaired) electrons. The maximum atomic E-state index is 6.22. The molecule has 0 amide bonds. The summed E-state index contributed by atoms with van der Waals surface area (Å²) in [6, 6.07) is 6.61. The van der Waals surface area contributed by atoms with E-state index in [0.29, 0.717) is 12.0 Å². The predicted octanol–water partition coefficient (Wildman–Crippen LogP) is 3.64. The van der Waals surface area contributed by atoms with Crippen LogP contribution in [0.15, 0.2) is 18.2 Å². The zero-order chi connectivity index (χ0) is 13.0. The molecule has 1 aliphatic heterocycles. The lowest BCUT2D eigenvalue weighted by Gasteiger charge is -2.19. The van der Waals surface area contributed by atoms with Gasteiger partial charge in [0.2, 0.25) is 0 Å². The fourth-order valence-electron chi connectivity index (χ4n) is 2.39. The van der Waals surface area contributed by atoms with Gasteiger partial charge in [0.15, 0.2) is 0 Å². The molecular formula is C16H25NO. The van der Waals surface area contributed by atoms with E-state index in [-0.39, 0.29) is 0 Å². The summed E-state index contributed by atoms with van der Waals surface area (Å²) < 4.78 is 6.22. The Kier molecular flexibility index (Phi) is 4.65. The Balaban J connectivity index is 2.09. The van der Waals surface area contributed by atoms with E-state index in [2.05, 4.69) is 44.3 Å².